The second kappa shape index (κ2) is 8.46. The number of hydrogen-bond donors (Lipinski definition) is 0. The molecular formula is C27H25N3O4S. The lowest BCUT2D eigenvalue weighted by Gasteiger charge is -2.30. The second-order valence-corrected chi connectivity index (χ2v) is 9.84. The Kier molecular flexibility index (Phi) is 5.56. The highest BCUT2D eigenvalue weighted by molar-refractivity contribution is 7.17. The quantitative estimate of drug-likeness (QED) is 0.381. The van der Waals surface area contributed by atoms with Crippen LogP contribution >= 0.6 is 11.3 Å². The lowest BCUT2D eigenvalue weighted by molar-refractivity contribution is -0.125. The van der Waals surface area contributed by atoms with Gasteiger partial charge in [0, 0.05) is 23.6 Å². The van der Waals surface area contributed by atoms with Gasteiger partial charge >= 0.3 is 0 Å². The van der Waals surface area contributed by atoms with E-state index in [2.05, 4.69) is 11.1 Å². The molecule has 2 atom stereocenters. The van der Waals surface area contributed by atoms with Crippen molar-refractivity contribution >= 4 is 38.9 Å². The van der Waals surface area contributed by atoms with E-state index in [1.165, 1.54) is 27.1 Å². The molecule has 2 aromatic carbocycles. The van der Waals surface area contributed by atoms with Gasteiger partial charge in [0.2, 0.25) is 0 Å². The molecule has 35 heavy (non-hydrogen) atoms. The summed E-state index contributed by atoms with van der Waals surface area (Å²) in [5.41, 5.74) is 4.70. The zero-order valence-corrected chi connectivity index (χ0v) is 21.0. The van der Waals surface area contributed by atoms with Crippen molar-refractivity contribution in [2.45, 2.75) is 39.8 Å². The van der Waals surface area contributed by atoms with E-state index in [9.17, 15) is 14.4 Å². The van der Waals surface area contributed by atoms with Gasteiger partial charge in [-0.3, -0.25) is 19.0 Å². The van der Waals surface area contributed by atoms with Gasteiger partial charge < -0.3 is 9.64 Å². The summed E-state index contributed by atoms with van der Waals surface area (Å²) in [6.07, 6.45) is 0.857. The Morgan fingerprint density at radius 2 is 1.89 bits per heavy atom. The molecule has 0 saturated heterocycles. The summed E-state index contributed by atoms with van der Waals surface area (Å²) in [5.74, 6) is 0.108. The molecule has 0 fully saturated rings. The number of Topliss-reactive ketones (excluding diaryl/α,β-unsaturated/α-hetero) is 1. The highest BCUT2D eigenvalue weighted by atomic mass is 32.1. The lowest BCUT2D eigenvalue weighted by Crippen LogP contribution is -2.42. The van der Waals surface area contributed by atoms with Crippen LogP contribution in [0.3, 0.4) is 0 Å². The largest absolute Gasteiger partial charge is 0.479 e. The molecule has 0 saturated carbocycles. The number of ketones is 1. The fourth-order valence-electron chi connectivity index (χ4n) is 4.57. The molecule has 178 valence electrons. The minimum atomic E-state index is -0.784. The standard InChI is InChI=1S/C27H25N3O4S/c1-14-6-8-19(15(2)10-14)20-12-35-25-23(20)27(33)30(13-28-25)16(3)24(31)18-7-9-22-21(11-18)29(5)26(32)17(4)34-22/h6-13,16-17H,1-5H3. The molecule has 7 nitrogen and oxygen atoms in total. The zero-order chi connectivity index (χ0) is 25.0. The van der Waals surface area contributed by atoms with Gasteiger partial charge in [0.25, 0.3) is 11.5 Å². The van der Waals surface area contributed by atoms with E-state index in [1.807, 2.05) is 31.4 Å². The molecule has 8 heteroatoms. The van der Waals surface area contributed by atoms with Crippen LogP contribution in [0.2, 0.25) is 0 Å². The number of likely N-dealkylation sites (N-methyl/N-ethyl adjacent to an activating group) is 1. The molecule has 0 radical (unpaired) electrons. The molecular weight excluding hydrogens is 462 g/mol. The molecule has 0 aliphatic carbocycles. The van der Waals surface area contributed by atoms with Crippen LogP contribution in [0.1, 0.15) is 41.4 Å². The van der Waals surface area contributed by atoms with Crippen LogP contribution < -0.4 is 15.2 Å². The molecule has 2 aromatic heterocycles. The second-order valence-electron chi connectivity index (χ2n) is 8.98. The number of aromatic nitrogens is 2. The molecule has 0 bridgehead atoms. The Balaban J connectivity index is 1.55. The van der Waals surface area contributed by atoms with Gasteiger partial charge in [0.1, 0.15) is 10.6 Å². The van der Waals surface area contributed by atoms with Crippen LogP contribution in [-0.4, -0.2) is 34.4 Å². The third-order valence-electron chi connectivity index (χ3n) is 6.58. The van der Waals surface area contributed by atoms with E-state index in [4.69, 9.17) is 4.74 Å². The Bertz CT molecular complexity index is 1570. The van der Waals surface area contributed by atoms with Crippen molar-refractivity contribution in [3.8, 4) is 16.9 Å². The number of aryl methyl sites for hydroxylation is 2. The maximum atomic E-state index is 13.6. The molecule has 5 rings (SSSR count). The zero-order valence-electron chi connectivity index (χ0n) is 20.2. The first kappa shape index (κ1) is 23.0. The first-order chi connectivity index (χ1) is 16.7. The lowest BCUT2D eigenvalue weighted by atomic mass is 9.99. The summed E-state index contributed by atoms with van der Waals surface area (Å²) in [4.78, 5) is 46.0. The number of hydrogen-bond acceptors (Lipinski definition) is 6. The number of carbonyl (C=O) groups is 2. The fourth-order valence-corrected chi connectivity index (χ4v) is 5.47. The van der Waals surface area contributed by atoms with Crippen molar-refractivity contribution in [2.75, 3.05) is 11.9 Å². The van der Waals surface area contributed by atoms with Crippen molar-refractivity contribution in [2.24, 2.45) is 0 Å². The average molecular weight is 488 g/mol. The summed E-state index contributed by atoms with van der Waals surface area (Å²) in [6, 6.07) is 10.3. The van der Waals surface area contributed by atoms with E-state index in [-0.39, 0.29) is 17.2 Å². The smallest absolute Gasteiger partial charge is 0.267 e. The maximum Gasteiger partial charge on any atom is 0.267 e. The van der Waals surface area contributed by atoms with Gasteiger partial charge in [-0.2, -0.15) is 0 Å². The van der Waals surface area contributed by atoms with Crippen molar-refractivity contribution in [1.29, 1.82) is 0 Å². The molecule has 4 aromatic rings. The van der Waals surface area contributed by atoms with E-state index in [0.717, 1.165) is 22.3 Å². The minimum absolute atomic E-state index is 0.183. The number of fused-ring (bicyclic) bond motifs is 2. The first-order valence-electron chi connectivity index (χ1n) is 11.4. The Labute approximate surface area is 206 Å². The minimum Gasteiger partial charge on any atom is -0.479 e. The normalized spacial score (nSPS) is 16.2. The predicted molar refractivity (Wildman–Crippen MR) is 138 cm³/mol. The predicted octanol–water partition coefficient (Wildman–Crippen LogP) is 4.93. The third-order valence-corrected chi connectivity index (χ3v) is 7.46. The van der Waals surface area contributed by atoms with Crippen molar-refractivity contribution < 1.29 is 14.3 Å². The van der Waals surface area contributed by atoms with Crippen LogP contribution in [0.15, 0.2) is 52.9 Å². The topological polar surface area (TPSA) is 81.5 Å². The molecule has 1 amide bonds. The maximum absolute atomic E-state index is 13.6. The van der Waals surface area contributed by atoms with Gasteiger partial charge in [-0.15, -0.1) is 11.3 Å². The van der Waals surface area contributed by atoms with Gasteiger partial charge in [0.15, 0.2) is 11.9 Å². The van der Waals surface area contributed by atoms with E-state index in [0.29, 0.717) is 27.2 Å². The van der Waals surface area contributed by atoms with Gasteiger partial charge in [0.05, 0.1) is 23.4 Å². The first-order valence-corrected chi connectivity index (χ1v) is 12.2. The number of amides is 1. The average Bonchev–Trinajstić information content (AvgIpc) is 3.26. The summed E-state index contributed by atoms with van der Waals surface area (Å²) in [6.45, 7) is 7.43. The van der Waals surface area contributed by atoms with Crippen molar-refractivity contribution in [1.82, 2.24) is 9.55 Å². The third kappa shape index (κ3) is 3.74. The monoisotopic (exact) mass is 487 g/mol. The number of carbonyl (C=O) groups excluding carboxylic acids is 2. The van der Waals surface area contributed by atoms with Crippen LogP contribution in [-0.2, 0) is 4.79 Å². The number of anilines is 1. The van der Waals surface area contributed by atoms with Crippen LogP contribution in [0.4, 0.5) is 5.69 Å². The van der Waals surface area contributed by atoms with E-state index < -0.39 is 12.1 Å². The Hall–Kier alpha value is -3.78. The van der Waals surface area contributed by atoms with E-state index >= 15 is 0 Å². The van der Waals surface area contributed by atoms with Crippen LogP contribution in [0, 0.1) is 13.8 Å². The van der Waals surface area contributed by atoms with E-state index in [1.54, 1.807) is 39.1 Å². The van der Waals surface area contributed by atoms with Crippen molar-refractivity contribution in [3.63, 3.8) is 0 Å². The molecule has 0 spiro atoms. The number of benzene rings is 2. The molecule has 2 unspecified atom stereocenters. The van der Waals surface area contributed by atoms with Gasteiger partial charge in [-0.05, 0) is 57.0 Å². The summed E-state index contributed by atoms with van der Waals surface area (Å²) in [5, 5.41) is 2.47. The molecule has 1 aliphatic heterocycles. The van der Waals surface area contributed by atoms with Crippen molar-refractivity contribution in [3.05, 3.63) is 75.1 Å². The number of rotatable bonds is 4. The van der Waals surface area contributed by atoms with Gasteiger partial charge in [-0.25, -0.2) is 4.98 Å². The summed E-state index contributed by atoms with van der Waals surface area (Å²) >= 11 is 1.42. The number of nitrogens with zero attached hydrogens (tertiary/aromatic N) is 3. The number of ether oxygens (including phenoxy) is 1. The Morgan fingerprint density at radius 3 is 2.63 bits per heavy atom. The molecule has 1 aliphatic rings. The summed E-state index contributed by atoms with van der Waals surface area (Å²) < 4.78 is 7.04. The molecule has 0 N–H and O–H groups in total. The number of thiophene rings is 1. The fraction of sp³-hybridized carbons (Fsp3) is 0.259. The van der Waals surface area contributed by atoms with Crippen LogP contribution in [0.5, 0.6) is 5.75 Å². The summed E-state index contributed by atoms with van der Waals surface area (Å²) in [7, 11) is 1.66. The molecule has 3 heterocycles. The highest BCUT2D eigenvalue weighted by Gasteiger charge is 2.30. The van der Waals surface area contributed by atoms with Crippen LogP contribution in [0.25, 0.3) is 21.3 Å². The Morgan fingerprint density at radius 1 is 1.11 bits per heavy atom. The van der Waals surface area contributed by atoms with Gasteiger partial charge in [-0.1, -0.05) is 23.8 Å². The SMILES string of the molecule is Cc1ccc(-c2csc3ncn(C(C)C(=O)c4ccc5c(c4)N(C)C(=O)C(C)O5)c(=O)c23)c(C)c1. The highest BCUT2D eigenvalue weighted by Crippen LogP contribution is 2.35.